The first-order valence-electron chi connectivity index (χ1n) is 4.16. The fourth-order valence-electron chi connectivity index (χ4n) is 0.924. The maximum atomic E-state index is 12.5. The van der Waals surface area contributed by atoms with E-state index in [0.717, 1.165) is 12.1 Å². The highest BCUT2D eigenvalue weighted by Crippen LogP contribution is 2.02. The minimum atomic E-state index is -0.178. The van der Waals surface area contributed by atoms with E-state index in [0.29, 0.717) is 6.04 Å². The molecule has 0 aliphatic rings. The molecule has 0 radical (unpaired) electrons. The van der Waals surface area contributed by atoms with Crippen LogP contribution in [0.2, 0.25) is 0 Å². The summed E-state index contributed by atoms with van der Waals surface area (Å²) in [5.41, 5.74) is 1.12. The van der Waals surface area contributed by atoms with Crippen LogP contribution >= 0.6 is 0 Å². The predicted octanol–water partition coefficient (Wildman–Crippen LogP) is 2.32. The van der Waals surface area contributed by atoms with E-state index < -0.39 is 0 Å². The number of hydrogen-bond acceptors (Lipinski definition) is 1. The van der Waals surface area contributed by atoms with E-state index in [1.165, 1.54) is 12.1 Å². The summed E-state index contributed by atoms with van der Waals surface area (Å²) in [7, 11) is 0. The molecule has 0 heterocycles. The summed E-state index contributed by atoms with van der Waals surface area (Å²) in [5, 5.41) is 3.26. The quantitative estimate of drug-likeness (QED) is 0.728. The van der Waals surface area contributed by atoms with Gasteiger partial charge in [0.25, 0.3) is 0 Å². The van der Waals surface area contributed by atoms with Crippen LogP contribution in [0.4, 0.5) is 4.39 Å². The smallest absolute Gasteiger partial charge is 0.123 e. The number of halogens is 1. The van der Waals surface area contributed by atoms with Crippen molar-refractivity contribution in [1.82, 2.24) is 5.32 Å². The first-order chi connectivity index (χ1) is 5.68. The summed E-state index contributed by atoms with van der Waals surface area (Å²) < 4.78 is 12.5. The molecular weight excluding hydrogens is 153 g/mol. The van der Waals surface area contributed by atoms with Gasteiger partial charge in [-0.15, -0.1) is 0 Å². The van der Waals surface area contributed by atoms with Crippen LogP contribution in [0.15, 0.2) is 24.3 Å². The zero-order valence-electron chi connectivity index (χ0n) is 7.47. The third-order valence-electron chi connectivity index (χ3n) is 1.63. The van der Waals surface area contributed by atoms with Gasteiger partial charge in [0.2, 0.25) is 0 Å². The topological polar surface area (TPSA) is 12.0 Å². The van der Waals surface area contributed by atoms with Crippen LogP contribution in [0.25, 0.3) is 0 Å². The van der Waals surface area contributed by atoms with Crippen LogP contribution in [-0.4, -0.2) is 6.04 Å². The first-order valence-corrected chi connectivity index (χ1v) is 4.16. The van der Waals surface area contributed by atoms with Crippen molar-refractivity contribution >= 4 is 0 Å². The molecule has 2 heteroatoms. The van der Waals surface area contributed by atoms with Gasteiger partial charge in [0.1, 0.15) is 5.82 Å². The molecule has 0 saturated carbocycles. The normalized spacial score (nSPS) is 10.7. The van der Waals surface area contributed by atoms with E-state index in [4.69, 9.17) is 0 Å². The maximum Gasteiger partial charge on any atom is 0.123 e. The Morgan fingerprint density at radius 2 is 1.83 bits per heavy atom. The lowest BCUT2D eigenvalue weighted by Gasteiger charge is -2.07. The van der Waals surface area contributed by atoms with Crippen LogP contribution in [0.3, 0.4) is 0 Å². The number of nitrogens with one attached hydrogen (secondary N) is 1. The Balaban J connectivity index is 2.48. The van der Waals surface area contributed by atoms with Gasteiger partial charge in [-0.25, -0.2) is 4.39 Å². The van der Waals surface area contributed by atoms with Crippen LogP contribution < -0.4 is 5.32 Å². The largest absolute Gasteiger partial charge is 0.310 e. The molecule has 0 aliphatic heterocycles. The third kappa shape index (κ3) is 3.01. The van der Waals surface area contributed by atoms with Gasteiger partial charge in [-0.1, -0.05) is 26.0 Å². The van der Waals surface area contributed by atoms with Gasteiger partial charge in [0.15, 0.2) is 0 Å². The van der Waals surface area contributed by atoms with Gasteiger partial charge < -0.3 is 5.32 Å². The molecule has 0 aromatic heterocycles. The highest BCUT2D eigenvalue weighted by molar-refractivity contribution is 5.15. The molecule has 0 fully saturated rings. The number of rotatable bonds is 3. The second kappa shape index (κ2) is 4.21. The maximum absolute atomic E-state index is 12.5. The fraction of sp³-hybridized carbons (Fsp3) is 0.400. The summed E-state index contributed by atoms with van der Waals surface area (Å²) in [6, 6.07) is 7.03. The monoisotopic (exact) mass is 167 g/mol. The molecule has 1 aromatic rings. The van der Waals surface area contributed by atoms with E-state index in [1.54, 1.807) is 12.1 Å². The van der Waals surface area contributed by atoms with Crippen molar-refractivity contribution in [2.45, 2.75) is 26.4 Å². The Labute approximate surface area is 72.6 Å². The molecule has 0 amide bonds. The fourth-order valence-corrected chi connectivity index (χ4v) is 0.924. The third-order valence-corrected chi connectivity index (χ3v) is 1.63. The lowest BCUT2D eigenvalue weighted by molar-refractivity contribution is 0.586. The second-order valence-electron chi connectivity index (χ2n) is 3.16. The average molecular weight is 167 g/mol. The lowest BCUT2D eigenvalue weighted by Crippen LogP contribution is -2.21. The minimum absolute atomic E-state index is 0.178. The summed E-state index contributed by atoms with van der Waals surface area (Å²) >= 11 is 0. The molecule has 1 N–H and O–H groups in total. The molecule has 0 unspecified atom stereocenters. The SMILES string of the molecule is CC(C)NCc1ccc(F)cc1. The lowest BCUT2D eigenvalue weighted by atomic mass is 10.2. The van der Waals surface area contributed by atoms with E-state index in [9.17, 15) is 4.39 Å². The number of benzene rings is 1. The molecule has 1 nitrogen and oxygen atoms in total. The predicted molar refractivity (Wildman–Crippen MR) is 48.4 cm³/mol. The van der Waals surface area contributed by atoms with Gasteiger partial charge in [-0.2, -0.15) is 0 Å². The molecular formula is C10H14FN. The van der Waals surface area contributed by atoms with Crippen LogP contribution in [0.5, 0.6) is 0 Å². The van der Waals surface area contributed by atoms with Gasteiger partial charge in [-0.3, -0.25) is 0 Å². The second-order valence-corrected chi connectivity index (χ2v) is 3.16. The van der Waals surface area contributed by atoms with Gasteiger partial charge in [-0.05, 0) is 17.7 Å². The van der Waals surface area contributed by atoms with Crippen molar-refractivity contribution in [3.63, 3.8) is 0 Å². The number of hydrogen-bond donors (Lipinski definition) is 1. The molecule has 0 bridgehead atoms. The zero-order valence-corrected chi connectivity index (χ0v) is 7.47. The summed E-state index contributed by atoms with van der Waals surface area (Å²) in [6.45, 7) is 4.98. The van der Waals surface area contributed by atoms with Crippen LogP contribution in [0, 0.1) is 5.82 Å². The molecule has 0 saturated heterocycles. The van der Waals surface area contributed by atoms with Crippen molar-refractivity contribution in [3.05, 3.63) is 35.6 Å². The molecule has 1 rings (SSSR count). The van der Waals surface area contributed by atoms with Gasteiger partial charge in [0.05, 0.1) is 0 Å². The average Bonchev–Trinajstić information content (AvgIpc) is 2.03. The van der Waals surface area contributed by atoms with E-state index in [2.05, 4.69) is 19.2 Å². The van der Waals surface area contributed by atoms with Crippen LogP contribution in [-0.2, 0) is 6.54 Å². The van der Waals surface area contributed by atoms with Gasteiger partial charge in [0, 0.05) is 12.6 Å². The van der Waals surface area contributed by atoms with E-state index >= 15 is 0 Å². The van der Waals surface area contributed by atoms with Crippen molar-refractivity contribution in [3.8, 4) is 0 Å². The Hall–Kier alpha value is -0.890. The van der Waals surface area contributed by atoms with Crippen molar-refractivity contribution in [2.75, 3.05) is 0 Å². The first kappa shape index (κ1) is 9.20. The summed E-state index contributed by atoms with van der Waals surface area (Å²) in [5.74, 6) is -0.178. The van der Waals surface area contributed by atoms with Gasteiger partial charge >= 0.3 is 0 Å². The Bertz CT molecular complexity index is 228. The zero-order chi connectivity index (χ0) is 8.97. The minimum Gasteiger partial charge on any atom is -0.310 e. The van der Waals surface area contributed by atoms with Crippen molar-refractivity contribution < 1.29 is 4.39 Å². The Kier molecular flexibility index (Phi) is 3.23. The van der Waals surface area contributed by atoms with Crippen LogP contribution in [0.1, 0.15) is 19.4 Å². The highest BCUT2D eigenvalue weighted by atomic mass is 19.1. The standard InChI is InChI=1S/C10H14FN/c1-8(2)12-7-9-3-5-10(11)6-4-9/h3-6,8,12H,7H2,1-2H3. The summed E-state index contributed by atoms with van der Waals surface area (Å²) in [4.78, 5) is 0. The van der Waals surface area contributed by atoms with E-state index in [-0.39, 0.29) is 5.82 Å². The molecule has 1 aromatic carbocycles. The molecule has 0 spiro atoms. The molecule has 12 heavy (non-hydrogen) atoms. The Morgan fingerprint density at radius 1 is 1.25 bits per heavy atom. The summed E-state index contributed by atoms with van der Waals surface area (Å²) in [6.07, 6.45) is 0. The van der Waals surface area contributed by atoms with Crippen molar-refractivity contribution in [2.24, 2.45) is 0 Å². The Morgan fingerprint density at radius 3 is 2.33 bits per heavy atom. The highest BCUT2D eigenvalue weighted by Gasteiger charge is 1.94. The molecule has 0 aliphatic carbocycles. The molecule has 66 valence electrons. The van der Waals surface area contributed by atoms with E-state index in [1.807, 2.05) is 0 Å². The molecule has 0 atom stereocenters. The van der Waals surface area contributed by atoms with Crippen molar-refractivity contribution in [1.29, 1.82) is 0 Å².